The summed E-state index contributed by atoms with van der Waals surface area (Å²) in [5, 5.41) is 5.40. The van der Waals surface area contributed by atoms with Crippen LogP contribution in [0.2, 0.25) is 0 Å². The molecule has 0 atom stereocenters. The normalized spacial score (nSPS) is 14.8. The summed E-state index contributed by atoms with van der Waals surface area (Å²) in [6.45, 7) is 6.22. The predicted octanol–water partition coefficient (Wildman–Crippen LogP) is 2.30. The van der Waals surface area contributed by atoms with Crippen molar-refractivity contribution in [3.8, 4) is 0 Å². The van der Waals surface area contributed by atoms with Gasteiger partial charge >= 0.3 is 6.03 Å². The number of rotatable bonds is 3. The molecule has 0 spiro atoms. The molecule has 0 unspecified atom stereocenters. The van der Waals surface area contributed by atoms with Crippen LogP contribution in [0, 0.1) is 5.82 Å². The van der Waals surface area contributed by atoms with Gasteiger partial charge in [0, 0.05) is 25.7 Å². The third kappa shape index (κ3) is 3.71. The van der Waals surface area contributed by atoms with Gasteiger partial charge in [-0.1, -0.05) is 19.9 Å². The van der Waals surface area contributed by atoms with Gasteiger partial charge in [-0.25, -0.2) is 9.18 Å². The molecule has 2 N–H and O–H groups in total. The molecule has 3 amide bonds. The number of nitrogens with one attached hydrogen (secondary N) is 2. The Morgan fingerprint density at radius 2 is 2.00 bits per heavy atom. The van der Waals surface area contributed by atoms with Gasteiger partial charge in [-0.15, -0.1) is 0 Å². The molecule has 0 bridgehead atoms. The number of nitrogens with zero attached hydrogens (tertiary/aromatic N) is 1. The largest absolute Gasteiger partial charge is 0.350 e. The predicted molar refractivity (Wildman–Crippen MR) is 78.7 cm³/mol. The Labute approximate surface area is 123 Å². The summed E-state index contributed by atoms with van der Waals surface area (Å²) in [6, 6.07) is 4.44. The van der Waals surface area contributed by atoms with Crippen molar-refractivity contribution in [3.05, 3.63) is 29.6 Å². The van der Waals surface area contributed by atoms with E-state index >= 15 is 0 Å². The Kier molecular flexibility index (Phi) is 4.45. The summed E-state index contributed by atoms with van der Waals surface area (Å²) in [6.07, 6.45) is 0. The maximum absolute atomic E-state index is 13.8. The minimum atomic E-state index is -0.317. The van der Waals surface area contributed by atoms with Gasteiger partial charge in [0.15, 0.2) is 0 Å². The fourth-order valence-corrected chi connectivity index (χ4v) is 2.30. The zero-order valence-electron chi connectivity index (χ0n) is 12.4. The lowest BCUT2D eigenvalue weighted by atomic mass is 10.0. The number of hydrogen-bond donors (Lipinski definition) is 2. The first-order valence-corrected chi connectivity index (χ1v) is 6.99. The van der Waals surface area contributed by atoms with Gasteiger partial charge in [0.25, 0.3) is 0 Å². The molecular formula is C15H20FN3O2. The van der Waals surface area contributed by atoms with Crippen LogP contribution >= 0.6 is 0 Å². The number of urea groups is 1. The van der Waals surface area contributed by atoms with Crippen molar-refractivity contribution in [3.63, 3.8) is 0 Å². The highest BCUT2D eigenvalue weighted by molar-refractivity contribution is 5.90. The molecule has 6 heteroatoms. The van der Waals surface area contributed by atoms with E-state index in [1.54, 1.807) is 17.0 Å². The van der Waals surface area contributed by atoms with E-state index in [4.69, 9.17) is 0 Å². The van der Waals surface area contributed by atoms with E-state index in [1.807, 2.05) is 13.8 Å². The quantitative estimate of drug-likeness (QED) is 0.898. The first kappa shape index (κ1) is 15.3. The van der Waals surface area contributed by atoms with Crippen LogP contribution in [0.15, 0.2) is 18.2 Å². The van der Waals surface area contributed by atoms with E-state index in [1.165, 1.54) is 13.0 Å². The fraction of sp³-hybridized carbons (Fsp3) is 0.467. The van der Waals surface area contributed by atoms with Crippen LogP contribution < -0.4 is 10.6 Å². The molecule has 1 heterocycles. The van der Waals surface area contributed by atoms with Gasteiger partial charge in [-0.2, -0.15) is 0 Å². The lowest BCUT2D eigenvalue weighted by Crippen LogP contribution is -2.61. The zero-order chi connectivity index (χ0) is 15.6. The van der Waals surface area contributed by atoms with Gasteiger partial charge < -0.3 is 15.5 Å². The zero-order valence-corrected chi connectivity index (χ0v) is 12.4. The summed E-state index contributed by atoms with van der Waals surface area (Å²) < 4.78 is 13.8. The van der Waals surface area contributed by atoms with Gasteiger partial charge in [-0.05, 0) is 23.6 Å². The molecule has 21 heavy (non-hydrogen) atoms. The molecular weight excluding hydrogens is 273 g/mol. The molecule has 2 rings (SSSR count). The van der Waals surface area contributed by atoms with E-state index in [9.17, 15) is 14.0 Å². The van der Waals surface area contributed by atoms with Crippen molar-refractivity contribution in [2.24, 2.45) is 0 Å². The summed E-state index contributed by atoms with van der Waals surface area (Å²) in [4.78, 5) is 24.4. The Morgan fingerprint density at radius 1 is 1.33 bits per heavy atom. The monoisotopic (exact) mass is 293 g/mol. The van der Waals surface area contributed by atoms with E-state index in [0.717, 1.165) is 0 Å². The average Bonchev–Trinajstić information content (AvgIpc) is 2.32. The van der Waals surface area contributed by atoms with E-state index in [0.29, 0.717) is 24.3 Å². The minimum absolute atomic E-state index is 0.00769. The highest BCUT2D eigenvalue weighted by atomic mass is 19.1. The molecule has 0 radical (unpaired) electrons. The van der Waals surface area contributed by atoms with Crippen LogP contribution in [-0.4, -0.2) is 36.0 Å². The van der Waals surface area contributed by atoms with Gasteiger partial charge in [0.2, 0.25) is 5.91 Å². The summed E-state index contributed by atoms with van der Waals surface area (Å²) in [7, 11) is 0. The van der Waals surface area contributed by atoms with Gasteiger partial charge in [-0.3, -0.25) is 4.79 Å². The number of benzene rings is 1. The average molecular weight is 293 g/mol. The van der Waals surface area contributed by atoms with E-state index < -0.39 is 0 Å². The summed E-state index contributed by atoms with van der Waals surface area (Å²) in [5.74, 6) is -0.322. The smallest absolute Gasteiger partial charge is 0.321 e. The van der Waals surface area contributed by atoms with Crippen LogP contribution in [0.4, 0.5) is 14.9 Å². The SMILES string of the molecule is CC(=O)NC1CN(C(=O)Nc2ccc(C(C)C)c(F)c2)C1. The molecule has 1 aromatic rings. The molecule has 1 aliphatic heterocycles. The van der Waals surface area contributed by atoms with Crippen LogP contribution in [0.3, 0.4) is 0 Å². The lowest BCUT2D eigenvalue weighted by molar-refractivity contribution is -0.120. The van der Waals surface area contributed by atoms with E-state index in [-0.39, 0.29) is 29.7 Å². The van der Waals surface area contributed by atoms with Gasteiger partial charge in [0.05, 0.1) is 6.04 Å². The molecule has 1 saturated heterocycles. The van der Waals surface area contributed by atoms with Crippen molar-refractivity contribution < 1.29 is 14.0 Å². The van der Waals surface area contributed by atoms with E-state index in [2.05, 4.69) is 10.6 Å². The number of carbonyl (C=O) groups excluding carboxylic acids is 2. The number of hydrogen-bond acceptors (Lipinski definition) is 2. The Hall–Kier alpha value is -2.11. The Balaban J connectivity index is 1.89. The second-order valence-corrected chi connectivity index (χ2v) is 5.62. The number of anilines is 1. The van der Waals surface area contributed by atoms with Crippen LogP contribution in [0.1, 0.15) is 32.3 Å². The Bertz CT molecular complexity index is 554. The first-order valence-electron chi connectivity index (χ1n) is 6.99. The number of amides is 3. The van der Waals surface area contributed by atoms with Crippen LogP contribution in [0.25, 0.3) is 0 Å². The third-order valence-electron chi connectivity index (χ3n) is 3.45. The van der Waals surface area contributed by atoms with Crippen LogP contribution in [-0.2, 0) is 4.79 Å². The van der Waals surface area contributed by atoms with Crippen molar-refractivity contribution in [1.82, 2.24) is 10.2 Å². The number of likely N-dealkylation sites (tertiary alicyclic amines) is 1. The van der Waals surface area contributed by atoms with Gasteiger partial charge in [0.1, 0.15) is 5.82 Å². The molecule has 0 aliphatic carbocycles. The minimum Gasteiger partial charge on any atom is -0.350 e. The first-order chi connectivity index (χ1) is 9.86. The topological polar surface area (TPSA) is 61.4 Å². The third-order valence-corrected chi connectivity index (χ3v) is 3.45. The van der Waals surface area contributed by atoms with Crippen molar-refractivity contribution in [2.75, 3.05) is 18.4 Å². The molecule has 1 aliphatic rings. The number of carbonyl (C=O) groups is 2. The highest BCUT2D eigenvalue weighted by Gasteiger charge is 2.31. The molecule has 1 fully saturated rings. The second-order valence-electron chi connectivity index (χ2n) is 5.62. The number of halogens is 1. The second kappa shape index (κ2) is 6.11. The summed E-state index contributed by atoms with van der Waals surface area (Å²) in [5.41, 5.74) is 1.06. The van der Waals surface area contributed by atoms with Crippen molar-refractivity contribution in [2.45, 2.75) is 32.7 Å². The summed E-state index contributed by atoms with van der Waals surface area (Å²) >= 11 is 0. The Morgan fingerprint density at radius 3 is 2.52 bits per heavy atom. The van der Waals surface area contributed by atoms with Crippen LogP contribution in [0.5, 0.6) is 0 Å². The lowest BCUT2D eigenvalue weighted by Gasteiger charge is -2.39. The fourth-order valence-electron chi connectivity index (χ4n) is 2.30. The maximum atomic E-state index is 13.8. The highest BCUT2D eigenvalue weighted by Crippen LogP contribution is 2.22. The molecule has 1 aromatic carbocycles. The standard InChI is InChI=1S/C15H20FN3O2/c1-9(2)13-5-4-11(6-14(13)16)18-15(21)19-7-12(8-19)17-10(3)20/h4-6,9,12H,7-8H2,1-3H3,(H,17,20)(H,18,21). The molecule has 0 aromatic heterocycles. The maximum Gasteiger partial charge on any atom is 0.321 e. The molecule has 114 valence electrons. The van der Waals surface area contributed by atoms with Crippen molar-refractivity contribution >= 4 is 17.6 Å². The molecule has 5 nitrogen and oxygen atoms in total. The van der Waals surface area contributed by atoms with Crippen molar-refractivity contribution in [1.29, 1.82) is 0 Å². The molecule has 0 saturated carbocycles.